The first-order chi connectivity index (χ1) is 7.63. The van der Waals surface area contributed by atoms with Crippen molar-refractivity contribution >= 4 is 11.9 Å². The second-order valence-electron chi connectivity index (χ2n) is 3.41. The predicted molar refractivity (Wildman–Crippen MR) is 55.7 cm³/mol. The first-order valence-electron chi connectivity index (χ1n) is 4.90. The molecule has 0 bridgehead atoms. The van der Waals surface area contributed by atoms with Crippen LogP contribution < -0.4 is 5.32 Å². The quantitative estimate of drug-likeness (QED) is 0.572. The fourth-order valence-corrected chi connectivity index (χ4v) is 1.40. The molecule has 1 heterocycles. The van der Waals surface area contributed by atoms with Crippen LogP contribution >= 0.6 is 0 Å². The summed E-state index contributed by atoms with van der Waals surface area (Å²) in [6, 6.07) is 0. The van der Waals surface area contributed by atoms with E-state index in [4.69, 9.17) is 16.3 Å². The van der Waals surface area contributed by atoms with Crippen molar-refractivity contribution in [3.63, 3.8) is 0 Å². The highest BCUT2D eigenvalue weighted by Gasteiger charge is 2.26. The van der Waals surface area contributed by atoms with E-state index in [0.717, 1.165) is 0 Å². The summed E-state index contributed by atoms with van der Waals surface area (Å²) in [6.45, 7) is 1.42. The zero-order valence-electron chi connectivity index (χ0n) is 8.81. The zero-order chi connectivity index (χ0) is 12.0. The minimum atomic E-state index is -1.01. The molecule has 6 nitrogen and oxygen atoms in total. The molecule has 1 aliphatic heterocycles. The number of hydrogen-bond donors (Lipinski definition) is 2. The highest BCUT2D eigenvalue weighted by molar-refractivity contribution is 5.78. The van der Waals surface area contributed by atoms with Crippen LogP contribution in [0.3, 0.4) is 0 Å². The molecule has 2 N–H and O–H groups in total. The van der Waals surface area contributed by atoms with Crippen LogP contribution in [0.4, 0.5) is 0 Å². The summed E-state index contributed by atoms with van der Waals surface area (Å²) in [4.78, 5) is 23.7. The summed E-state index contributed by atoms with van der Waals surface area (Å²) in [5.41, 5.74) is 0. The average molecular weight is 226 g/mol. The van der Waals surface area contributed by atoms with E-state index >= 15 is 0 Å². The Hall–Kier alpha value is -1.58. The van der Waals surface area contributed by atoms with Gasteiger partial charge in [0.25, 0.3) is 0 Å². The van der Waals surface area contributed by atoms with Crippen molar-refractivity contribution in [1.29, 1.82) is 0 Å². The lowest BCUT2D eigenvalue weighted by atomic mass is 10.2. The molecule has 1 atom stereocenters. The number of terminal acetylenes is 1. The minimum Gasteiger partial charge on any atom is -0.479 e. The van der Waals surface area contributed by atoms with Gasteiger partial charge in [0, 0.05) is 13.1 Å². The number of carboxylic acid groups (broad SMARTS) is 1. The van der Waals surface area contributed by atoms with Crippen molar-refractivity contribution in [3.05, 3.63) is 0 Å². The third kappa shape index (κ3) is 3.88. The number of ether oxygens (including phenoxy) is 1. The van der Waals surface area contributed by atoms with Crippen LogP contribution in [-0.2, 0) is 14.3 Å². The summed E-state index contributed by atoms with van der Waals surface area (Å²) < 4.78 is 5.03. The van der Waals surface area contributed by atoms with Crippen molar-refractivity contribution in [3.8, 4) is 12.3 Å². The maximum absolute atomic E-state index is 11.3. The highest BCUT2D eigenvalue weighted by atomic mass is 16.5. The van der Waals surface area contributed by atoms with E-state index in [2.05, 4.69) is 11.2 Å². The molecule has 0 spiro atoms. The lowest BCUT2D eigenvalue weighted by molar-refractivity contribution is -0.156. The van der Waals surface area contributed by atoms with E-state index in [-0.39, 0.29) is 25.5 Å². The lowest BCUT2D eigenvalue weighted by Crippen LogP contribution is -2.49. The fourth-order valence-electron chi connectivity index (χ4n) is 1.40. The van der Waals surface area contributed by atoms with Gasteiger partial charge in [-0.1, -0.05) is 5.92 Å². The largest absolute Gasteiger partial charge is 0.479 e. The Labute approximate surface area is 93.6 Å². The molecule has 16 heavy (non-hydrogen) atoms. The van der Waals surface area contributed by atoms with Gasteiger partial charge in [0.05, 0.1) is 19.7 Å². The average Bonchev–Trinajstić information content (AvgIpc) is 2.26. The first-order valence-corrected chi connectivity index (χ1v) is 4.90. The van der Waals surface area contributed by atoms with Crippen LogP contribution in [-0.4, -0.2) is 60.8 Å². The summed E-state index contributed by atoms with van der Waals surface area (Å²) in [7, 11) is 0. The summed E-state index contributed by atoms with van der Waals surface area (Å²) in [5.74, 6) is 1.08. The smallest absolute Gasteiger partial charge is 0.334 e. The molecule has 0 aromatic carbocycles. The standard InChI is InChI=1S/C10H14N2O4/c1-2-3-11-9(13)7-12-4-5-16-8(6-12)10(14)15/h1,8H,3-7H2,(H,11,13)(H,14,15). The van der Waals surface area contributed by atoms with E-state index in [1.165, 1.54) is 0 Å². The van der Waals surface area contributed by atoms with Gasteiger partial charge in [0.2, 0.25) is 5.91 Å². The zero-order valence-corrected chi connectivity index (χ0v) is 8.81. The molecular weight excluding hydrogens is 212 g/mol. The lowest BCUT2D eigenvalue weighted by Gasteiger charge is -2.30. The molecule has 1 fully saturated rings. The number of carboxylic acids is 1. The topological polar surface area (TPSA) is 78.9 Å². The Balaban J connectivity index is 2.34. The van der Waals surface area contributed by atoms with Gasteiger partial charge < -0.3 is 15.2 Å². The maximum Gasteiger partial charge on any atom is 0.334 e. The highest BCUT2D eigenvalue weighted by Crippen LogP contribution is 2.04. The first kappa shape index (κ1) is 12.5. The summed E-state index contributed by atoms with van der Waals surface area (Å²) >= 11 is 0. The van der Waals surface area contributed by atoms with Gasteiger partial charge in [-0.15, -0.1) is 6.42 Å². The third-order valence-electron chi connectivity index (χ3n) is 2.18. The van der Waals surface area contributed by atoms with E-state index in [1.54, 1.807) is 4.90 Å². The molecular formula is C10H14N2O4. The van der Waals surface area contributed by atoms with Crippen LogP contribution in [0.5, 0.6) is 0 Å². The molecule has 1 aliphatic rings. The Morgan fingerprint density at radius 2 is 2.38 bits per heavy atom. The van der Waals surface area contributed by atoms with Gasteiger partial charge in [-0.25, -0.2) is 4.79 Å². The molecule has 0 aliphatic carbocycles. The van der Waals surface area contributed by atoms with E-state index in [9.17, 15) is 9.59 Å². The molecule has 0 radical (unpaired) electrons. The molecule has 0 aromatic rings. The normalized spacial score (nSPS) is 21.1. The van der Waals surface area contributed by atoms with Crippen LogP contribution in [0.25, 0.3) is 0 Å². The van der Waals surface area contributed by atoms with Crippen molar-refractivity contribution in [1.82, 2.24) is 10.2 Å². The van der Waals surface area contributed by atoms with E-state index in [1.807, 2.05) is 0 Å². The number of nitrogens with one attached hydrogen (secondary N) is 1. The number of amides is 1. The third-order valence-corrected chi connectivity index (χ3v) is 2.18. The van der Waals surface area contributed by atoms with Gasteiger partial charge in [-0.3, -0.25) is 9.69 Å². The number of carbonyl (C=O) groups is 2. The monoisotopic (exact) mass is 226 g/mol. The Morgan fingerprint density at radius 1 is 1.62 bits per heavy atom. The van der Waals surface area contributed by atoms with E-state index < -0.39 is 12.1 Å². The van der Waals surface area contributed by atoms with Crippen LogP contribution in [0.15, 0.2) is 0 Å². The van der Waals surface area contributed by atoms with Gasteiger partial charge in [0.1, 0.15) is 0 Å². The van der Waals surface area contributed by atoms with Crippen LogP contribution in [0, 0.1) is 12.3 Å². The molecule has 1 amide bonds. The molecule has 6 heteroatoms. The molecule has 88 valence electrons. The number of morpholine rings is 1. The Morgan fingerprint density at radius 3 is 3.00 bits per heavy atom. The summed E-state index contributed by atoms with van der Waals surface area (Å²) in [5, 5.41) is 11.3. The summed E-state index contributed by atoms with van der Waals surface area (Å²) in [6.07, 6.45) is 4.14. The van der Waals surface area contributed by atoms with Gasteiger partial charge in [0.15, 0.2) is 6.10 Å². The minimum absolute atomic E-state index is 0.148. The number of aliphatic carboxylic acids is 1. The molecule has 1 unspecified atom stereocenters. The Kier molecular flexibility index (Phi) is 4.76. The van der Waals surface area contributed by atoms with Crippen LogP contribution in [0.1, 0.15) is 0 Å². The van der Waals surface area contributed by atoms with Crippen LogP contribution in [0.2, 0.25) is 0 Å². The second kappa shape index (κ2) is 6.10. The maximum atomic E-state index is 11.3. The van der Waals surface area contributed by atoms with Crippen molar-refractivity contribution in [2.75, 3.05) is 32.8 Å². The van der Waals surface area contributed by atoms with E-state index in [0.29, 0.717) is 13.2 Å². The molecule has 1 saturated heterocycles. The fraction of sp³-hybridized carbons (Fsp3) is 0.600. The Bertz CT molecular complexity index is 310. The van der Waals surface area contributed by atoms with Crippen molar-refractivity contribution in [2.45, 2.75) is 6.10 Å². The number of rotatable bonds is 4. The van der Waals surface area contributed by atoms with Gasteiger partial charge >= 0.3 is 5.97 Å². The predicted octanol–water partition coefficient (Wildman–Crippen LogP) is -1.48. The SMILES string of the molecule is C#CCNC(=O)CN1CCOC(C(=O)O)C1. The van der Waals surface area contributed by atoms with Gasteiger partial charge in [-0.05, 0) is 0 Å². The number of carbonyl (C=O) groups excluding carboxylic acids is 1. The second-order valence-corrected chi connectivity index (χ2v) is 3.41. The molecule has 0 saturated carbocycles. The van der Waals surface area contributed by atoms with Gasteiger partial charge in [-0.2, -0.15) is 0 Å². The number of hydrogen-bond acceptors (Lipinski definition) is 4. The van der Waals surface area contributed by atoms with Crippen molar-refractivity contribution in [2.24, 2.45) is 0 Å². The number of nitrogens with zero attached hydrogens (tertiary/aromatic N) is 1. The van der Waals surface area contributed by atoms with Crippen molar-refractivity contribution < 1.29 is 19.4 Å². The molecule has 0 aromatic heterocycles. The molecule has 1 rings (SSSR count).